The zero-order valence-electron chi connectivity index (χ0n) is 11.3. The number of halogens is 1. The highest BCUT2D eigenvalue weighted by Gasteiger charge is 2.44. The summed E-state index contributed by atoms with van der Waals surface area (Å²) in [7, 11) is 0. The van der Waals surface area contributed by atoms with Crippen molar-refractivity contribution in [2.75, 3.05) is 0 Å². The van der Waals surface area contributed by atoms with Crippen LogP contribution < -0.4 is 5.32 Å². The summed E-state index contributed by atoms with van der Waals surface area (Å²) in [5.41, 5.74) is 1.07. The van der Waals surface area contributed by atoms with Gasteiger partial charge in [0, 0.05) is 11.1 Å². The predicted octanol–water partition coefficient (Wildman–Crippen LogP) is 2.96. The molecule has 0 radical (unpaired) electrons. The minimum absolute atomic E-state index is 0.0290. The van der Waals surface area contributed by atoms with Crippen LogP contribution in [0.15, 0.2) is 24.3 Å². The van der Waals surface area contributed by atoms with Crippen LogP contribution in [0.1, 0.15) is 38.4 Å². The van der Waals surface area contributed by atoms with Crippen molar-refractivity contribution in [3.05, 3.63) is 34.9 Å². The number of carbonyl (C=O) groups excluding carboxylic acids is 1. The number of nitrogens with zero attached hydrogens (tertiary/aromatic N) is 1. The molecule has 19 heavy (non-hydrogen) atoms. The summed E-state index contributed by atoms with van der Waals surface area (Å²) >= 11 is 6.06. The molecule has 1 heterocycles. The van der Waals surface area contributed by atoms with Crippen LogP contribution in [0.5, 0.6) is 0 Å². The summed E-state index contributed by atoms with van der Waals surface area (Å²) < 4.78 is 0. The summed E-state index contributed by atoms with van der Waals surface area (Å²) in [6.45, 7) is 4.17. The minimum atomic E-state index is -0.111. The van der Waals surface area contributed by atoms with Gasteiger partial charge in [-0.15, -0.1) is 0 Å². The summed E-state index contributed by atoms with van der Waals surface area (Å²) in [4.78, 5) is 14.4. The maximum atomic E-state index is 12.3. The average Bonchev–Trinajstić information content (AvgIpc) is 2.62. The smallest absolute Gasteiger partial charge is 0.241 e. The fraction of sp³-hybridized carbons (Fsp3) is 0.533. The van der Waals surface area contributed by atoms with Gasteiger partial charge in [0.2, 0.25) is 5.91 Å². The molecular weight excluding hydrogens is 260 g/mol. The highest BCUT2D eigenvalue weighted by molar-refractivity contribution is 6.30. The number of nitrogens with one attached hydrogen (secondary N) is 1. The van der Waals surface area contributed by atoms with E-state index in [-0.39, 0.29) is 18.1 Å². The highest BCUT2D eigenvalue weighted by atomic mass is 35.5. The van der Waals surface area contributed by atoms with Gasteiger partial charge in [-0.25, -0.2) is 0 Å². The van der Waals surface area contributed by atoms with Crippen molar-refractivity contribution in [1.29, 1.82) is 0 Å². The molecule has 1 aliphatic heterocycles. The van der Waals surface area contributed by atoms with Crippen LogP contribution in [0.2, 0.25) is 5.02 Å². The Morgan fingerprint density at radius 1 is 1.32 bits per heavy atom. The van der Waals surface area contributed by atoms with Crippen LogP contribution in [0, 0.1) is 5.92 Å². The average molecular weight is 279 g/mol. The Bertz CT molecular complexity index is 499. The van der Waals surface area contributed by atoms with Gasteiger partial charge in [0.15, 0.2) is 0 Å². The molecule has 2 unspecified atom stereocenters. The Hall–Kier alpha value is -1.06. The maximum absolute atomic E-state index is 12.3. The second-order valence-electron chi connectivity index (χ2n) is 5.82. The van der Waals surface area contributed by atoms with Crippen molar-refractivity contribution in [1.82, 2.24) is 10.2 Å². The first-order valence-corrected chi connectivity index (χ1v) is 7.27. The molecule has 1 aliphatic carbocycles. The fourth-order valence-corrected chi connectivity index (χ4v) is 3.35. The molecule has 3 nitrogen and oxygen atoms in total. The minimum Gasteiger partial charge on any atom is -0.319 e. The normalized spacial score (nSPS) is 34.5. The van der Waals surface area contributed by atoms with Gasteiger partial charge < -0.3 is 4.90 Å². The van der Waals surface area contributed by atoms with Gasteiger partial charge in [0.05, 0.1) is 6.04 Å². The van der Waals surface area contributed by atoms with Crippen molar-refractivity contribution in [3.8, 4) is 0 Å². The van der Waals surface area contributed by atoms with E-state index in [4.69, 9.17) is 11.6 Å². The van der Waals surface area contributed by atoms with Crippen LogP contribution in [-0.2, 0) is 4.79 Å². The van der Waals surface area contributed by atoms with E-state index in [1.165, 1.54) is 0 Å². The van der Waals surface area contributed by atoms with Crippen molar-refractivity contribution in [2.24, 2.45) is 5.92 Å². The third-order valence-electron chi connectivity index (χ3n) is 4.22. The number of benzene rings is 1. The van der Waals surface area contributed by atoms with Crippen LogP contribution >= 0.6 is 11.6 Å². The summed E-state index contributed by atoms with van der Waals surface area (Å²) in [6.07, 6.45) is 2.19. The molecule has 1 amide bonds. The van der Waals surface area contributed by atoms with E-state index in [2.05, 4.69) is 12.2 Å². The quantitative estimate of drug-likeness (QED) is 0.902. The van der Waals surface area contributed by atoms with E-state index in [1.807, 2.05) is 36.1 Å². The van der Waals surface area contributed by atoms with Crippen LogP contribution in [0.4, 0.5) is 0 Å². The lowest BCUT2D eigenvalue weighted by atomic mass is 9.80. The van der Waals surface area contributed by atoms with Crippen molar-refractivity contribution in [2.45, 2.75) is 44.9 Å². The molecule has 1 aromatic carbocycles. The molecule has 0 spiro atoms. The lowest BCUT2D eigenvalue weighted by molar-refractivity contribution is -0.134. The molecule has 1 N–H and O–H groups in total. The van der Waals surface area contributed by atoms with E-state index in [9.17, 15) is 4.79 Å². The van der Waals surface area contributed by atoms with E-state index >= 15 is 0 Å². The zero-order valence-corrected chi connectivity index (χ0v) is 12.0. The summed E-state index contributed by atoms with van der Waals surface area (Å²) in [6, 6.07) is 8.04. The predicted molar refractivity (Wildman–Crippen MR) is 75.8 cm³/mol. The number of carbonyl (C=O) groups is 1. The summed E-state index contributed by atoms with van der Waals surface area (Å²) in [5.74, 6) is 0.940. The molecule has 1 saturated heterocycles. The molecule has 3 rings (SSSR count). The Morgan fingerprint density at radius 2 is 2.05 bits per heavy atom. The molecule has 0 bridgehead atoms. The number of hydrogen-bond acceptors (Lipinski definition) is 2. The molecule has 1 aromatic rings. The lowest BCUT2D eigenvalue weighted by Crippen LogP contribution is -2.46. The molecular formula is C15H19ClN2O. The maximum Gasteiger partial charge on any atom is 0.241 e. The van der Waals surface area contributed by atoms with Crippen molar-refractivity contribution >= 4 is 17.5 Å². The molecule has 2 aliphatic rings. The third-order valence-corrected chi connectivity index (χ3v) is 4.45. The van der Waals surface area contributed by atoms with E-state index in [0.717, 1.165) is 24.3 Å². The first kappa shape index (κ1) is 12.9. The van der Waals surface area contributed by atoms with Gasteiger partial charge in [-0.3, -0.25) is 10.1 Å². The monoisotopic (exact) mass is 278 g/mol. The number of rotatable bonds is 2. The van der Waals surface area contributed by atoms with Crippen LogP contribution in [-0.4, -0.2) is 22.9 Å². The molecule has 0 aromatic heterocycles. The number of hydrogen-bond donors (Lipinski definition) is 1. The van der Waals surface area contributed by atoms with E-state index in [0.29, 0.717) is 11.1 Å². The largest absolute Gasteiger partial charge is 0.319 e. The van der Waals surface area contributed by atoms with Gasteiger partial charge >= 0.3 is 0 Å². The van der Waals surface area contributed by atoms with Gasteiger partial charge in [-0.1, -0.05) is 30.7 Å². The topological polar surface area (TPSA) is 32.3 Å². The van der Waals surface area contributed by atoms with Gasteiger partial charge in [0.1, 0.15) is 6.17 Å². The van der Waals surface area contributed by atoms with Crippen molar-refractivity contribution in [3.63, 3.8) is 0 Å². The molecule has 2 atom stereocenters. The second-order valence-corrected chi connectivity index (χ2v) is 6.26. The first-order valence-electron chi connectivity index (χ1n) is 6.90. The van der Waals surface area contributed by atoms with E-state index < -0.39 is 0 Å². The Kier molecular flexibility index (Phi) is 3.27. The second kappa shape index (κ2) is 4.80. The third kappa shape index (κ3) is 2.26. The Balaban J connectivity index is 1.88. The zero-order chi connectivity index (χ0) is 13.6. The first-order chi connectivity index (χ1) is 9.06. The van der Waals surface area contributed by atoms with E-state index in [1.54, 1.807) is 0 Å². The molecule has 2 fully saturated rings. The fourth-order valence-electron chi connectivity index (χ4n) is 3.15. The molecule has 102 valence electrons. The Morgan fingerprint density at radius 3 is 2.68 bits per heavy atom. The Labute approximate surface area is 118 Å². The molecule has 1 saturated carbocycles. The van der Waals surface area contributed by atoms with Gasteiger partial charge in [-0.2, -0.15) is 0 Å². The SMILES string of the molecule is CC1CC(N2C(=O)C(C)NC2c2cccc(Cl)c2)C1. The van der Waals surface area contributed by atoms with Crippen LogP contribution in [0.25, 0.3) is 0 Å². The van der Waals surface area contributed by atoms with Gasteiger partial charge in [0.25, 0.3) is 0 Å². The van der Waals surface area contributed by atoms with Crippen LogP contribution in [0.3, 0.4) is 0 Å². The highest BCUT2D eigenvalue weighted by Crippen LogP contribution is 2.38. The standard InChI is InChI=1S/C15H19ClN2O/c1-9-6-13(7-9)18-14(17-10(2)15(18)19)11-4-3-5-12(16)8-11/h3-5,8-10,13-14,17H,6-7H2,1-2H3. The number of amides is 1. The lowest BCUT2D eigenvalue weighted by Gasteiger charge is -2.42. The van der Waals surface area contributed by atoms with Crippen molar-refractivity contribution < 1.29 is 4.79 Å². The molecule has 4 heteroatoms. The summed E-state index contributed by atoms with van der Waals surface area (Å²) in [5, 5.41) is 4.09. The van der Waals surface area contributed by atoms with Gasteiger partial charge in [-0.05, 0) is 43.4 Å².